The van der Waals surface area contributed by atoms with Gasteiger partial charge >= 0.3 is 6.03 Å². The van der Waals surface area contributed by atoms with Gasteiger partial charge in [0, 0.05) is 19.5 Å². The van der Waals surface area contributed by atoms with E-state index in [1.54, 1.807) is 0 Å². The van der Waals surface area contributed by atoms with Crippen molar-refractivity contribution in [3.05, 3.63) is 47.3 Å². The lowest BCUT2D eigenvalue weighted by molar-refractivity contribution is 0.172. The Morgan fingerprint density at radius 3 is 2.61 bits per heavy atom. The van der Waals surface area contributed by atoms with Crippen molar-refractivity contribution in [2.75, 3.05) is 11.9 Å². The van der Waals surface area contributed by atoms with Gasteiger partial charge in [0.15, 0.2) is 0 Å². The number of anilines is 1. The summed E-state index contributed by atoms with van der Waals surface area (Å²) >= 11 is 0. The third-order valence-electron chi connectivity index (χ3n) is 3.73. The lowest BCUT2D eigenvalue weighted by Gasteiger charge is -2.13. The standard InChI is InChI=1S/C17H24N4O2/c1-4-21-13(3)16(12(2)20-21)19-17(23)18-11-15(22)10-14-8-6-5-7-9-14/h5-9,15,22H,4,10-11H2,1-3H3,(H2,18,19,23). The smallest absolute Gasteiger partial charge is 0.319 e. The van der Waals surface area contributed by atoms with Crippen LogP contribution in [0, 0.1) is 13.8 Å². The summed E-state index contributed by atoms with van der Waals surface area (Å²) in [6.07, 6.45) is -0.115. The molecule has 2 amide bonds. The lowest BCUT2D eigenvalue weighted by Crippen LogP contribution is -2.36. The molecule has 23 heavy (non-hydrogen) atoms. The Hall–Kier alpha value is -2.34. The molecule has 6 nitrogen and oxygen atoms in total. The number of nitrogens with zero attached hydrogens (tertiary/aromatic N) is 2. The van der Waals surface area contributed by atoms with Crippen LogP contribution in [0.15, 0.2) is 30.3 Å². The van der Waals surface area contributed by atoms with Gasteiger partial charge in [0.1, 0.15) is 0 Å². The molecule has 0 saturated carbocycles. The first-order valence-electron chi connectivity index (χ1n) is 7.82. The summed E-state index contributed by atoms with van der Waals surface area (Å²) in [4.78, 5) is 12.0. The van der Waals surface area contributed by atoms with Gasteiger partial charge in [-0.2, -0.15) is 5.10 Å². The SMILES string of the molecule is CCn1nc(C)c(NC(=O)NCC(O)Cc2ccccc2)c1C. The molecule has 0 saturated heterocycles. The summed E-state index contributed by atoms with van der Waals surface area (Å²) in [6, 6.07) is 9.37. The molecule has 0 radical (unpaired) electrons. The van der Waals surface area contributed by atoms with E-state index in [0.29, 0.717) is 6.42 Å². The third kappa shape index (κ3) is 4.56. The van der Waals surface area contributed by atoms with Gasteiger partial charge in [-0.25, -0.2) is 4.79 Å². The number of aliphatic hydroxyl groups is 1. The fourth-order valence-corrected chi connectivity index (χ4v) is 2.51. The van der Waals surface area contributed by atoms with Crippen LogP contribution < -0.4 is 10.6 Å². The molecular formula is C17H24N4O2. The molecule has 1 heterocycles. The Kier molecular flexibility index (Phi) is 5.76. The molecule has 0 fully saturated rings. The van der Waals surface area contributed by atoms with Gasteiger partial charge in [0.05, 0.1) is 23.2 Å². The number of urea groups is 1. The van der Waals surface area contributed by atoms with Crippen molar-refractivity contribution >= 4 is 11.7 Å². The van der Waals surface area contributed by atoms with Gasteiger partial charge < -0.3 is 15.7 Å². The molecule has 0 aliphatic carbocycles. The first-order valence-corrected chi connectivity index (χ1v) is 7.82. The highest BCUT2D eigenvalue weighted by Crippen LogP contribution is 2.18. The molecule has 2 aromatic rings. The highest BCUT2D eigenvalue weighted by Gasteiger charge is 2.14. The second-order valence-corrected chi connectivity index (χ2v) is 5.54. The molecule has 1 aromatic heterocycles. The number of hydrogen-bond acceptors (Lipinski definition) is 3. The molecule has 1 unspecified atom stereocenters. The molecule has 1 atom stereocenters. The summed E-state index contributed by atoms with van der Waals surface area (Å²) in [7, 11) is 0. The van der Waals surface area contributed by atoms with E-state index in [4.69, 9.17) is 0 Å². The predicted octanol–water partition coefficient (Wildman–Crippen LogP) is 2.24. The topological polar surface area (TPSA) is 79.2 Å². The van der Waals surface area contributed by atoms with Gasteiger partial charge in [0.2, 0.25) is 0 Å². The predicted molar refractivity (Wildman–Crippen MR) is 90.5 cm³/mol. The number of amides is 2. The summed E-state index contributed by atoms with van der Waals surface area (Å²) in [6.45, 7) is 6.73. The number of aliphatic hydroxyl groups excluding tert-OH is 1. The maximum Gasteiger partial charge on any atom is 0.319 e. The van der Waals surface area contributed by atoms with Gasteiger partial charge in [-0.1, -0.05) is 30.3 Å². The highest BCUT2D eigenvalue weighted by molar-refractivity contribution is 5.90. The first-order chi connectivity index (χ1) is 11.0. The molecular weight excluding hydrogens is 292 g/mol. The number of hydrogen-bond donors (Lipinski definition) is 3. The van der Waals surface area contributed by atoms with Crippen molar-refractivity contribution < 1.29 is 9.90 Å². The summed E-state index contributed by atoms with van der Waals surface area (Å²) in [5.41, 5.74) is 3.47. The number of aryl methyl sites for hydroxylation is 2. The van der Waals surface area contributed by atoms with E-state index in [2.05, 4.69) is 15.7 Å². The Morgan fingerprint density at radius 1 is 1.30 bits per heavy atom. The van der Waals surface area contributed by atoms with E-state index in [0.717, 1.165) is 29.2 Å². The number of carbonyl (C=O) groups is 1. The lowest BCUT2D eigenvalue weighted by atomic mass is 10.1. The quantitative estimate of drug-likeness (QED) is 0.765. The third-order valence-corrected chi connectivity index (χ3v) is 3.73. The largest absolute Gasteiger partial charge is 0.391 e. The second kappa shape index (κ2) is 7.78. The molecule has 0 aliphatic heterocycles. The summed E-state index contributed by atoms with van der Waals surface area (Å²) in [5.74, 6) is 0. The van der Waals surface area contributed by atoms with Gasteiger partial charge in [-0.15, -0.1) is 0 Å². The Balaban J connectivity index is 1.84. The highest BCUT2D eigenvalue weighted by atomic mass is 16.3. The maximum atomic E-state index is 12.0. The monoisotopic (exact) mass is 316 g/mol. The van der Waals surface area contributed by atoms with Crippen LogP contribution in [-0.4, -0.2) is 33.6 Å². The minimum absolute atomic E-state index is 0.195. The van der Waals surface area contributed by atoms with E-state index >= 15 is 0 Å². The molecule has 3 N–H and O–H groups in total. The number of carbonyl (C=O) groups excluding carboxylic acids is 1. The zero-order chi connectivity index (χ0) is 16.8. The normalized spacial score (nSPS) is 12.0. The molecule has 1 aromatic carbocycles. The van der Waals surface area contributed by atoms with E-state index < -0.39 is 6.10 Å². The molecule has 0 spiro atoms. The van der Waals surface area contributed by atoms with Crippen LogP contribution in [0.3, 0.4) is 0 Å². The van der Waals surface area contributed by atoms with E-state index in [1.165, 1.54) is 0 Å². The fraction of sp³-hybridized carbons (Fsp3) is 0.412. The minimum Gasteiger partial charge on any atom is -0.391 e. The average Bonchev–Trinajstić information content (AvgIpc) is 2.81. The van der Waals surface area contributed by atoms with Crippen LogP contribution in [-0.2, 0) is 13.0 Å². The van der Waals surface area contributed by atoms with Crippen LogP contribution in [0.2, 0.25) is 0 Å². The van der Waals surface area contributed by atoms with Crippen molar-refractivity contribution in [3.8, 4) is 0 Å². The van der Waals surface area contributed by atoms with Crippen molar-refractivity contribution in [1.82, 2.24) is 15.1 Å². The molecule has 0 bridgehead atoms. The molecule has 2 rings (SSSR count). The van der Waals surface area contributed by atoms with Crippen molar-refractivity contribution in [3.63, 3.8) is 0 Å². The Morgan fingerprint density at radius 2 is 2.00 bits per heavy atom. The van der Waals surface area contributed by atoms with Crippen LogP contribution in [0.1, 0.15) is 23.9 Å². The zero-order valence-electron chi connectivity index (χ0n) is 13.8. The second-order valence-electron chi connectivity index (χ2n) is 5.54. The Bertz CT molecular complexity index is 652. The average molecular weight is 316 g/mol. The van der Waals surface area contributed by atoms with Crippen molar-refractivity contribution in [1.29, 1.82) is 0 Å². The van der Waals surface area contributed by atoms with Crippen molar-refractivity contribution in [2.45, 2.75) is 39.8 Å². The number of benzene rings is 1. The van der Waals surface area contributed by atoms with Crippen LogP contribution in [0.25, 0.3) is 0 Å². The van der Waals surface area contributed by atoms with Crippen LogP contribution in [0.5, 0.6) is 0 Å². The number of nitrogens with one attached hydrogen (secondary N) is 2. The van der Waals surface area contributed by atoms with Crippen LogP contribution >= 0.6 is 0 Å². The summed E-state index contributed by atoms with van der Waals surface area (Å²) in [5, 5.41) is 19.9. The molecule has 6 heteroatoms. The first kappa shape index (κ1) is 17.0. The van der Waals surface area contributed by atoms with Gasteiger partial charge in [-0.3, -0.25) is 4.68 Å². The number of aromatic nitrogens is 2. The van der Waals surface area contributed by atoms with Crippen LogP contribution in [0.4, 0.5) is 10.5 Å². The molecule has 0 aliphatic rings. The minimum atomic E-state index is -0.622. The van der Waals surface area contributed by atoms with E-state index in [-0.39, 0.29) is 12.6 Å². The maximum absolute atomic E-state index is 12.0. The summed E-state index contributed by atoms with van der Waals surface area (Å²) < 4.78 is 1.84. The van der Waals surface area contributed by atoms with Gasteiger partial charge in [-0.05, 0) is 26.3 Å². The van der Waals surface area contributed by atoms with E-state index in [1.807, 2.05) is 55.8 Å². The van der Waals surface area contributed by atoms with Crippen molar-refractivity contribution in [2.24, 2.45) is 0 Å². The fourth-order valence-electron chi connectivity index (χ4n) is 2.51. The van der Waals surface area contributed by atoms with Gasteiger partial charge in [0.25, 0.3) is 0 Å². The van der Waals surface area contributed by atoms with E-state index in [9.17, 15) is 9.90 Å². The zero-order valence-corrected chi connectivity index (χ0v) is 13.8. The Labute approximate surface area is 136 Å². The molecule has 124 valence electrons. The number of rotatable bonds is 6.